The average molecular weight is 258 g/mol. The summed E-state index contributed by atoms with van der Waals surface area (Å²) in [5.41, 5.74) is 0. The van der Waals surface area contributed by atoms with Crippen molar-refractivity contribution < 1.29 is 4.74 Å². The first-order valence-electron chi connectivity index (χ1n) is 6.29. The summed E-state index contributed by atoms with van der Waals surface area (Å²) in [6, 6.07) is 0. The van der Waals surface area contributed by atoms with Crippen molar-refractivity contribution in [3.63, 3.8) is 0 Å². The van der Waals surface area contributed by atoms with Gasteiger partial charge in [0.05, 0.1) is 12.0 Å². The molecule has 1 aromatic rings. The molecule has 0 aromatic carbocycles. The van der Waals surface area contributed by atoms with Gasteiger partial charge in [0, 0.05) is 19.6 Å². The molecule has 0 radical (unpaired) electrons. The molecule has 96 valence electrons. The van der Waals surface area contributed by atoms with Crippen molar-refractivity contribution in [3.05, 3.63) is 11.6 Å². The van der Waals surface area contributed by atoms with Crippen LogP contribution in [0, 0.1) is 5.92 Å². The van der Waals surface area contributed by atoms with E-state index in [4.69, 9.17) is 16.3 Å². The molecule has 1 aromatic heterocycles. The molecule has 2 heterocycles. The first-order chi connectivity index (χ1) is 8.20. The first-order valence-corrected chi connectivity index (χ1v) is 6.82. The third-order valence-electron chi connectivity index (χ3n) is 3.01. The van der Waals surface area contributed by atoms with Crippen molar-refractivity contribution in [3.8, 4) is 0 Å². The third-order valence-corrected chi connectivity index (χ3v) is 3.24. The molecule has 0 amide bonds. The van der Waals surface area contributed by atoms with Crippen LogP contribution in [0.1, 0.15) is 38.3 Å². The zero-order valence-electron chi connectivity index (χ0n) is 10.5. The predicted octanol–water partition coefficient (Wildman–Crippen LogP) is 2.39. The van der Waals surface area contributed by atoms with E-state index in [0.29, 0.717) is 17.9 Å². The monoisotopic (exact) mass is 257 g/mol. The molecule has 0 spiro atoms. The van der Waals surface area contributed by atoms with Crippen LogP contribution in [0.4, 0.5) is 0 Å². The smallest absolute Gasteiger partial charge is 0.147 e. The highest BCUT2D eigenvalue weighted by Crippen LogP contribution is 2.18. The fourth-order valence-corrected chi connectivity index (χ4v) is 2.40. The average Bonchev–Trinajstić information content (AvgIpc) is 2.90. The minimum atomic E-state index is 0.313. The lowest BCUT2D eigenvalue weighted by molar-refractivity contribution is 0.109. The number of rotatable bonds is 5. The molecule has 1 aliphatic rings. The van der Waals surface area contributed by atoms with Crippen LogP contribution in [0.5, 0.6) is 0 Å². The molecule has 1 saturated heterocycles. The molecule has 17 heavy (non-hydrogen) atoms. The Morgan fingerprint density at radius 3 is 2.76 bits per heavy atom. The molecule has 1 fully saturated rings. The van der Waals surface area contributed by atoms with Crippen LogP contribution in [0.25, 0.3) is 0 Å². The summed E-state index contributed by atoms with van der Waals surface area (Å²) < 4.78 is 7.80. The van der Waals surface area contributed by atoms with Gasteiger partial charge < -0.3 is 9.30 Å². The van der Waals surface area contributed by atoms with Crippen molar-refractivity contribution in [2.45, 2.75) is 51.6 Å². The SMILES string of the molecule is CC(C)Cn1c(CCl)nnc1CC1CCCO1. The Morgan fingerprint density at radius 2 is 2.18 bits per heavy atom. The maximum Gasteiger partial charge on any atom is 0.147 e. The molecule has 2 rings (SSSR count). The highest BCUT2D eigenvalue weighted by atomic mass is 35.5. The van der Waals surface area contributed by atoms with E-state index in [0.717, 1.165) is 44.1 Å². The fourth-order valence-electron chi connectivity index (χ4n) is 2.21. The Hall–Kier alpha value is -0.610. The van der Waals surface area contributed by atoms with Crippen molar-refractivity contribution in [2.75, 3.05) is 6.61 Å². The van der Waals surface area contributed by atoms with E-state index in [-0.39, 0.29) is 0 Å². The summed E-state index contributed by atoms with van der Waals surface area (Å²) in [5.74, 6) is 2.87. The van der Waals surface area contributed by atoms with Gasteiger partial charge in [-0.1, -0.05) is 13.8 Å². The molecule has 1 atom stereocenters. The topological polar surface area (TPSA) is 39.9 Å². The molecular weight excluding hydrogens is 238 g/mol. The number of ether oxygens (including phenoxy) is 1. The molecule has 0 aliphatic carbocycles. The minimum Gasteiger partial charge on any atom is -0.378 e. The summed E-state index contributed by atoms with van der Waals surface area (Å²) in [7, 11) is 0. The van der Waals surface area contributed by atoms with Gasteiger partial charge in [0.2, 0.25) is 0 Å². The number of hydrogen-bond acceptors (Lipinski definition) is 3. The Balaban J connectivity index is 2.11. The van der Waals surface area contributed by atoms with Gasteiger partial charge >= 0.3 is 0 Å². The molecule has 5 heteroatoms. The lowest BCUT2D eigenvalue weighted by Gasteiger charge is -2.14. The van der Waals surface area contributed by atoms with Gasteiger partial charge in [0.1, 0.15) is 11.6 Å². The summed E-state index contributed by atoms with van der Waals surface area (Å²) >= 11 is 5.89. The highest BCUT2D eigenvalue weighted by Gasteiger charge is 2.20. The molecule has 0 N–H and O–H groups in total. The Morgan fingerprint density at radius 1 is 1.41 bits per heavy atom. The Labute approximate surface area is 107 Å². The minimum absolute atomic E-state index is 0.313. The maximum absolute atomic E-state index is 5.89. The number of halogens is 1. The quantitative estimate of drug-likeness (QED) is 0.761. The number of hydrogen-bond donors (Lipinski definition) is 0. The lowest BCUT2D eigenvalue weighted by Crippen LogP contribution is -2.17. The zero-order chi connectivity index (χ0) is 12.3. The van der Waals surface area contributed by atoms with Gasteiger partial charge in [-0.25, -0.2) is 0 Å². The largest absolute Gasteiger partial charge is 0.378 e. The van der Waals surface area contributed by atoms with Gasteiger partial charge in [-0.2, -0.15) is 0 Å². The molecule has 4 nitrogen and oxygen atoms in total. The van der Waals surface area contributed by atoms with Crippen LogP contribution >= 0.6 is 11.6 Å². The molecule has 0 saturated carbocycles. The normalized spacial score (nSPS) is 20.4. The van der Waals surface area contributed by atoms with Crippen LogP contribution < -0.4 is 0 Å². The van der Waals surface area contributed by atoms with Crippen LogP contribution in [-0.2, 0) is 23.6 Å². The van der Waals surface area contributed by atoms with Gasteiger partial charge in [0.25, 0.3) is 0 Å². The molecule has 0 bridgehead atoms. The van der Waals surface area contributed by atoms with E-state index in [1.807, 2.05) is 0 Å². The maximum atomic E-state index is 5.89. The summed E-state index contributed by atoms with van der Waals surface area (Å²) in [5, 5.41) is 8.41. The number of nitrogens with zero attached hydrogens (tertiary/aromatic N) is 3. The Bertz CT molecular complexity index is 359. The van der Waals surface area contributed by atoms with Gasteiger partial charge in [0.15, 0.2) is 0 Å². The number of aromatic nitrogens is 3. The zero-order valence-corrected chi connectivity index (χ0v) is 11.3. The highest BCUT2D eigenvalue weighted by molar-refractivity contribution is 6.16. The van der Waals surface area contributed by atoms with Crippen LogP contribution in [0.3, 0.4) is 0 Å². The second-order valence-electron chi connectivity index (χ2n) is 5.01. The number of alkyl halides is 1. The second kappa shape index (κ2) is 5.83. The van der Waals surface area contributed by atoms with E-state index in [9.17, 15) is 0 Å². The molecular formula is C12H20ClN3O. The summed E-state index contributed by atoms with van der Waals surface area (Å²) in [6.45, 7) is 6.18. The van der Waals surface area contributed by atoms with E-state index in [2.05, 4.69) is 28.6 Å². The van der Waals surface area contributed by atoms with Crippen molar-refractivity contribution in [1.29, 1.82) is 0 Å². The predicted molar refractivity (Wildman–Crippen MR) is 67.1 cm³/mol. The Kier molecular flexibility index (Phi) is 4.40. The van der Waals surface area contributed by atoms with Crippen molar-refractivity contribution in [2.24, 2.45) is 5.92 Å². The van der Waals surface area contributed by atoms with Crippen molar-refractivity contribution in [1.82, 2.24) is 14.8 Å². The van der Waals surface area contributed by atoms with Crippen LogP contribution in [0.15, 0.2) is 0 Å². The van der Waals surface area contributed by atoms with Crippen LogP contribution in [0.2, 0.25) is 0 Å². The van der Waals surface area contributed by atoms with E-state index < -0.39 is 0 Å². The van der Waals surface area contributed by atoms with Gasteiger partial charge in [-0.15, -0.1) is 21.8 Å². The first kappa shape index (κ1) is 12.8. The van der Waals surface area contributed by atoms with Crippen molar-refractivity contribution >= 4 is 11.6 Å². The summed E-state index contributed by atoms with van der Waals surface area (Å²) in [4.78, 5) is 0. The van der Waals surface area contributed by atoms with E-state index in [1.165, 1.54) is 0 Å². The molecule has 1 aliphatic heterocycles. The lowest BCUT2D eigenvalue weighted by atomic mass is 10.1. The second-order valence-corrected chi connectivity index (χ2v) is 5.28. The standard InChI is InChI=1S/C12H20ClN3O/c1-9(2)8-16-11(14-15-12(16)7-13)6-10-4-3-5-17-10/h9-10H,3-8H2,1-2H3. The third kappa shape index (κ3) is 3.19. The van der Waals surface area contributed by atoms with Gasteiger partial charge in [-0.3, -0.25) is 0 Å². The van der Waals surface area contributed by atoms with Crippen LogP contribution in [-0.4, -0.2) is 27.5 Å². The summed E-state index contributed by atoms with van der Waals surface area (Å²) in [6.07, 6.45) is 3.46. The molecule has 1 unspecified atom stereocenters. The van der Waals surface area contributed by atoms with E-state index >= 15 is 0 Å². The van der Waals surface area contributed by atoms with E-state index in [1.54, 1.807) is 0 Å². The van der Waals surface area contributed by atoms with Gasteiger partial charge in [-0.05, 0) is 18.8 Å². The fraction of sp³-hybridized carbons (Fsp3) is 0.833.